The summed E-state index contributed by atoms with van der Waals surface area (Å²) in [5, 5.41) is 11.0. The third-order valence-corrected chi connectivity index (χ3v) is 3.33. The number of aldehydes is 1. The number of nitro groups is 1. The lowest BCUT2D eigenvalue weighted by Crippen LogP contribution is -1.98. The Labute approximate surface area is 105 Å². The van der Waals surface area contributed by atoms with Crippen LogP contribution in [-0.4, -0.2) is 11.2 Å². The van der Waals surface area contributed by atoms with Crippen LogP contribution in [0.4, 0.5) is 5.69 Å². The van der Waals surface area contributed by atoms with Crippen LogP contribution in [0.2, 0.25) is 0 Å². The van der Waals surface area contributed by atoms with Crippen molar-refractivity contribution in [3.05, 3.63) is 45.5 Å². The topological polar surface area (TPSA) is 60.2 Å². The maximum Gasteiger partial charge on any atom is 0.276 e. The molecule has 1 aromatic carbocycles. The van der Waals surface area contributed by atoms with E-state index in [1.54, 1.807) is 18.2 Å². The van der Waals surface area contributed by atoms with Crippen molar-refractivity contribution in [2.45, 2.75) is 32.1 Å². The largest absolute Gasteiger partial charge is 0.298 e. The average Bonchev–Trinajstić information content (AvgIpc) is 2.63. The zero-order valence-electron chi connectivity index (χ0n) is 10.1. The molecule has 0 aliphatic heterocycles. The SMILES string of the molecule is O=CC1=C(c2ccccc2[N+](=O)[O-])CCCCC1. The molecule has 0 unspecified atom stereocenters. The molecule has 94 valence electrons. The van der Waals surface area contributed by atoms with Gasteiger partial charge in [-0.15, -0.1) is 0 Å². The molecule has 0 fully saturated rings. The van der Waals surface area contributed by atoms with Gasteiger partial charge < -0.3 is 0 Å². The monoisotopic (exact) mass is 245 g/mol. The van der Waals surface area contributed by atoms with Gasteiger partial charge in [0.05, 0.1) is 10.5 Å². The highest BCUT2D eigenvalue weighted by Crippen LogP contribution is 2.34. The van der Waals surface area contributed by atoms with Gasteiger partial charge in [0.25, 0.3) is 5.69 Å². The fourth-order valence-electron chi connectivity index (χ4n) is 2.43. The van der Waals surface area contributed by atoms with E-state index >= 15 is 0 Å². The van der Waals surface area contributed by atoms with E-state index < -0.39 is 0 Å². The van der Waals surface area contributed by atoms with Crippen molar-refractivity contribution in [1.82, 2.24) is 0 Å². The van der Waals surface area contributed by atoms with Gasteiger partial charge in [-0.2, -0.15) is 0 Å². The molecule has 1 aliphatic rings. The Morgan fingerprint density at radius 1 is 1.11 bits per heavy atom. The van der Waals surface area contributed by atoms with Crippen LogP contribution in [0.5, 0.6) is 0 Å². The smallest absolute Gasteiger partial charge is 0.276 e. The van der Waals surface area contributed by atoms with Crippen molar-refractivity contribution in [2.24, 2.45) is 0 Å². The summed E-state index contributed by atoms with van der Waals surface area (Å²) in [6, 6.07) is 6.67. The number of nitro benzene ring substituents is 1. The van der Waals surface area contributed by atoms with Crippen molar-refractivity contribution in [3.63, 3.8) is 0 Å². The third kappa shape index (κ3) is 2.47. The van der Waals surface area contributed by atoms with Crippen molar-refractivity contribution in [3.8, 4) is 0 Å². The minimum absolute atomic E-state index is 0.0914. The summed E-state index contributed by atoms with van der Waals surface area (Å²) < 4.78 is 0. The minimum atomic E-state index is -0.379. The highest BCUT2D eigenvalue weighted by Gasteiger charge is 2.20. The van der Waals surface area contributed by atoms with E-state index in [1.807, 2.05) is 0 Å². The van der Waals surface area contributed by atoms with Crippen LogP contribution in [0.1, 0.15) is 37.7 Å². The number of para-hydroxylation sites is 1. The molecule has 2 rings (SSSR count). The van der Waals surface area contributed by atoms with Crippen molar-refractivity contribution >= 4 is 17.5 Å². The van der Waals surface area contributed by atoms with E-state index in [0.717, 1.165) is 49.5 Å². The number of hydrogen-bond donors (Lipinski definition) is 0. The standard InChI is InChI=1S/C14H15NO3/c16-10-11-6-2-1-3-7-12(11)13-8-4-5-9-14(13)15(17)18/h4-5,8-10H,1-3,6-7H2. The first-order valence-electron chi connectivity index (χ1n) is 6.15. The van der Waals surface area contributed by atoms with Crippen molar-refractivity contribution < 1.29 is 9.72 Å². The summed E-state index contributed by atoms with van der Waals surface area (Å²) in [4.78, 5) is 21.8. The molecule has 0 spiro atoms. The van der Waals surface area contributed by atoms with Gasteiger partial charge in [-0.1, -0.05) is 18.6 Å². The zero-order chi connectivity index (χ0) is 13.0. The summed E-state index contributed by atoms with van der Waals surface area (Å²) in [7, 11) is 0. The van der Waals surface area contributed by atoms with Gasteiger partial charge in [0.1, 0.15) is 6.29 Å². The van der Waals surface area contributed by atoms with Gasteiger partial charge in [0, 0.05) is 6.07 Å². The molecule has 0 saturated carbocycles. The van der Waals surface area contributed by atoms with Crippen LogP contribution in [0.15, 0.2) is 29.8 Å². The Kier molecular flexibility index (Phi) is 3.87. The molecule has 1 aromatic rings. The molecule has 4 nitrogen and oxygen atoms in total. The molecular weight excluding hydrogens is 230 g/mol. The molecule has 0 N–H and O–H groups in total. The van der Waals surface area contributed by atoms with E-state index in [1.165, 1.54) is 6.07 Å². The zero-order valence-corrected chi connectivity index (χ0v) is 10.1. The lowest BCUT2D eigenvalue weighted by atomic mass is 9.95. The molecule has 0 saturated heterocycles. The van der Waals surface area contributed by atoms with Crippen LogP contribution >= 0.6 is 0 Å². The van der Waals surface area contributed by atoms with Crippen molar-refractivity contribution in [1.29, 1.82) is 0 Å². The Balaban J connectivity index is 2.54. The summed E-state index contributed by atoms with van der Waals surface area (Å²) in [5.74, 6) is 0. The maximum atomic E-state index is 11.1. The van der Waals surface area contributed by atoms with Crippen LogP contribution in [0, 0.1) is 10.1 Å². The summed E-state index contributed by atoms with van der Waals surface area (Å²) in [6.45, 7) is 0. The molecule has 4 heteroatoms. The quantitative estimate of drug-likeness (QED) is 0.465. The van der Waals surface area contributed by atoms with E-state index in [4.69, 9.17) is 0 Å². The van der Waals surface area contributed by atoms with Crippen LogP contribution < -0.4 is 0 Å². The molecule has 18 heavy (non-hydrogen) atoms. The lowest BCUT2D eigenvalue weighted by Gasteiger charge is -2.09. The van der Waals surface area contributed by atoms with Gasteiger partial charge in [-0.3, -0.25) is 14.9 Å². The van der Waals surface area contributed by atoms with Crippen molar-refractivity contribution in [2.75, 3.05) is 0 Å². The Bertz CT molecular complexity index is 506. The number of carbonyl (C=O) groups excluding carboxylic acids is 1. The predicted octanol–water partition coefficient (Wildman–Crippen LogP) is 3.51. The summed E-state index contributed by atoms with van der Waals surface area (Å²) >= 11 is 0. The fourth-order valence-corrected chi connectivity index (χ4v) is 2.43. The predicted molar refractivity (Wildman–Crippen MR) is 69.2 cm³/mol. The molecule has 0 aromatic heterocycles. The third-order valence-electron chi connectivity index (χ3n) is 3.33. The second-order valence-electron chi connectivity index (χ2n) is 4.46. The first kappa shape index (κ1) is 12.5. The molecule has 0 heterocycles. The second-order valence-corrected chi connectivity index (χ2v) is 4.46. The summed E-state index contributed by atoms with van der Waals surface area (Å²) in [6.07, 6.45) is 5.37. The number of nitrogens with zero attached hydrogens (tertiary/aromatic N) is 1. The summed E-state index contributed by atoms with van der Waals surface area (Å²) in [5.41, 5.74) is 2.27. The second kappa shape index (κ2) is 5.58. The fraction of sp³-hybridized carbons (Fsp3) is 0.357. The highest BCUT2D eigenvalue weighted by atomic mass is 16.6. The molecule has 0 radical (unpaired) electrons. The van der Waals surface area contributed by atoms with Gasteiger partial charge >= 0.3 is 0 Å². The van der Waals surface area contributed by atoms with E-state index in [-0.39, 0.29) is 10.6 Å². The molecule has 0 atom stereocenters. The van der Waals surface area contributed by atoms with E-state index in [2.05, 4.69) is 0 Å². The molecule has 0 amide bonds. The first-order valence-corrected chi connectivity index (χ1v) is 6.15. The Morgan fingerprint density at radius 3 is 2.56 bits per heavy atom. The number of rotatable bonds is 3. The van der Waals surface area contributed by atoms with Crippen LogP contribution in [0.25, 0.3) is 5.57 Å². The van der Waals surface area contributed by atoms with E-state index in [0.29, 0.717) is 5.56 Å². The molecule has 1 aliphatic carbocycles. The van der Waals surface area contributed by atoms with Gasteiger partial charge in [-0.05, 0) is 42.9 Å². The van der Waals surface area contributed by atoms with Crippen LogP contribution in [-0.2, 0) is 4.79 Å². The van der Waals surface area contributed by atoms with Crippen LogP contribution in [0.3, 0.4) is 0 Å². The maximum absolute atomic E-state index is 11.1. The lowest BCUT2D eigenvalue weighted by molar-refractivity contribution is -0.385. The highest BCUT2D eigenvalue weighted by molar-refractivity contribution is 5.90. The minimum Gasteiger partial charge on any atom is -0.298 e. The van der Waals surface area contributed by atoms with Gasteiger partial charge in [0.2, 0.25) is 0 Å². The normalized spacial score (nSPS) is 16.2. The first-order chi connectivity index (χ1) is 8.74. The Morgan fingerprint density at radius 2 is 1.83 bits per heavy atom. The number of benzene rings is 1. The van der Waals surface area contributed by atoms with Gasteiger partial charge in [0.15, 0.2) is 0 Å². The van der Waals surface area contributed by atoms with E-state index in [9.17, 15) is 14.9 Å². The Hall–Kier alpha value is -1.97. The van der Waals surface area contributed by atoms with Gasteiger partial charge in [-0.25, -0.2) is 0 Å². The number of hydrogen-bond acceptors (Lipinski definition) is 3. The number of carbonyl (C=O) groups is 1. The number of allylic oxidation sites excluding steroid dienone is 2. The molecule has 0 bridgehead atoms. The average molecular weight is 245 g/mol. The molecular formula is C14H15NO3.